The third kappa shape index (κ3) is 2.13. The van der Waals surface area contributed by atoms with Gasteiger partial charge in [-0.2, -0.15) is 0 Å². The molecule has 1 aromatic carbocycles. The van der Waals surface area contributed by atoms with E-state index in [2.05, 4.69) is 25.9 Å². The molecule has 0 unspecified atom stereocenters. The molecule has 0 saturated heterocycles. The fraction of sp³-hybridized carbons (Fsp3) is 0. The molecule has 0 aliphatic carbocycles. The molecule has 3 aromatic rings. The molecule has 0 fully saturated rings. The average Bonchev–Trinajstić information content (AvgIpc) is 2.83. The summed E-state index contributed by atoms with van der Waals surface area (Å²) in [7, 11) is 0. The summed E-state index contributed by atoms with van der Waals surface area (Å²) >= 11 is 9.31. The molecule has 2 heterocycles. The first-order valence-corrected chi connectivity index (χ1v) is 6.86. The van der Waals surface area contributed by atoms with Crippen LogP contribution in [0.25, 0.3) is 11.0 Å². The maximum absolute atomic E-state index is 13.1. The van der Waals surface area contributed by atoms with E-state index in [-0.39, 0.29) is 5.78 Å². The zero-order valence-electron chi connectivity index (χ0n) is 9.95. The van der Waals surface area contributed by atoms with Crippen LogP contribution >= 0.6 is 27.5 Å². The number of halogens is 3. The van der Waals surface area contributed by atoms with Crippen LogP contribution < -0.4 is 0 Å². The summed E-state index contributed by atoms with van der Waals surface area (Å²) in [5, 5.41) is 1.01. The SMILES string of the molecule is O=C(c1ccc(F)cc1Br)c1c[nH]c2nccc(Cl)c12. The van der Waals surface area contributed by atoms with Crippen molar-refractivity contribution < 1.29 is 9.18 Å². The average molecular weight is 354 g/mol. The maximum Gasteiger partial charge on any atom is 0.196 e. The number of pyridine rings is 1. The van der Waals surface area contributed by atoms with Crippen LogP contribution in [-0.2, 0) is 0 Å². The molecule has 0 spiro atoms. The molecule has 0 saturated carbocycles. The molecule has 100 valence electrons. The van der Waals surface area contributed by atoms with Gasteiger partial charge in [-0.15, -0.1) is 0 Å². The number of hydrogen-bond donors (Lipinski definition) is 1. The molecule has 0 atom stereocenters. The topological polar surface area (TPSA) is 45.8 Å². The third-order valence-corrected chi connectivity index (χ3v) is 3.91. The Morgan fingerprint density at radius 1 is 1.30 bits per heavy atom. The van der Waals surface area contributed by atoms with Gasteiger partial charge in [-0.05, 0) is 40.2 Å². The smallest absolute Gasteiger partial charge is 0.196 e. The van der Waals surface area contributed by atoms with Gasteiger partial charge in [-0.1, -0.05) is 11.6 Å². The minimum Gasteiger partial charge on any atom is -0.345 e. The molecule has 6 heteroatoms. The Hall–Kier alpha value is -1.72. The van der Waals surface area contributed by atoms with Gasteiger partial charge in [0.05, 0.1) is 10.6 Å². The molecule has 3 rings (SSSR count). The highest BCUT2D eigenvalue weighted by atomic mass is 79.9. The second-order valence-corrected chi connectivity index (χ2v) is 5.43. The first kappa shape index (κ1) is 13.3. The molecule has 1 N–H and O–H groups in total. The summed E-state index contributed by atoms with van der Waals surface area (Å²) in [6.07, 6.45) is 3.12. The normalized spacial score (nSPS) is 10.9. The van der Waals surface area contributed by atoms with Crippen LogP contribution in [0.2, 0.25) is 5.02 Å². The Balaban J connectivity index is 2.18. The lowest BCUT2D eigenvalue weighted by atomic mass is 10.0. The van der Waals surface area contributed by atoms with Crippen LogP contribution in [0.3, 0.4) is 0 Å². The van der Waals surface area contributed by atoms with Crippen molar-refractivity contribution in [2.75, 3.05) is 0 Å². The van der Waals surface area contributed by atoms with Gasteiger partial charge in [0, 0.05) is 27.8 Å². The molecule has 0 amide bonds. The van der Waals surface area contributed by atoms with Crippen LogP contribution in [0, 0.1) is 5.82 Å². The summed E-state index contributed by atoms with van der Waals surface area (Å²) in [5.74, 6) is -0.662. The summed E-state index contributed by atoms with van der Waals surface area (Å²) in [5.41, 5.74) is 1.32. The molecule has 0 radical (unpaired) electrons. The molecule has 0 bridgehead atoms. The Morgan fingerprint density at radius 3 is 2.85 bits per heavy atom. The number of H-pyrrole nitrogens is 1. The minimum absolute atomic E-state index is 0.252. The van der Waals surface area contributed by atoms with Gasteiger partial charge < -0.3 is 4.98 Å². The van der Waals surface area contributed by atoms with Crippen molar-refractivity contribution in [3.63, 3.8) is 0 Å². The predicted molar refractivity (Wildman–Crippen MR) is 78.6 cm³/mol. The lowest BCUT2D eigenvalue weighted by Gasteiger charge is -2.03. The van der Waals surface area contributed by atoms with Gasteiger partial charge in [0.15, 0.2) is 5.78 Å². The van der Waals surface area contributed by atoms with Gasteiger partial charge in [0.25, 0.3) is 0 Å². The van der Waals surface area contributed by atoms with Crippen molar-refractivity contribution in [3.05, 3.63) is 63.1 Å². The van der Waals surface area contributed by atoms with Crippen LogP contribution in [-0.4, -0.2) is 15.8 Å². The highest BCUT2D eigenvalue weighted by Gasteiger charge is 2.19. The molecule has 0 aliphatic heterocycles. The fourth-order valence-electron chi connectivity index (χ4n) is 2.01. The van der Waals surface area contributed by atoms with Crippen molar-refractivity contribution in [2.45, 2.75) is 0 Å². The quantitative estimate of drug-likeness (QED) is 0.696. The lowest BCUT2D eigenvalue weighted by molar-refractivity contribution is 0.103. The first-order chi connectivity index (χ1) is 9.58. The van der Waals surface area contributed by atoms with E-state index in [0.717, 1.165) is 0 Å². The van der Waals surface area contributed by atoms with Crippen LogP contribution in [0.5, 0.6) is 0 Å². The summed E-state index contributed by atoms with van der Waals surface area (Å²) in [6, 6.07) is 5.55. The number of carbonyl (C=O) groups is 1. The summed E-state index contributed by atoms with van der Waals surface area (Å²) < 4.78 is 13.5. The fourth-order valence-corrected chi connectivity index (χ4v) is 2.79. The number of nitrogens with one attached hydrogen (secondary N) is 1. The van der Waals surface area contributed by atoms with E-state index < -0.39 is 5.82 Å². The Morgan fingerprint density at radius 2 is 2.10 bits per heavy atom. The number of aromatic amines is 1. The van der Waals surface area contributed by atoms with E-state index >= 15 is 0 Å². The molecule has 0 aliphatic rings. The van der Waals surface area contributed by atoms with Crippen molar-refractivity contribution in [2.24, 2.45) is 0 Å². The maximum atomic E-state index is 13.1. The van der Waals surface area contributed by atoms with Crippen LogP contribution in [0.15, 0.2) is 41.1 Å². The van der Waals surface area contributed by atoms with Crippen molar-refractivity contribution in [1.82, 2.24) is 9.97 Å². The number of fused-ring (bicyclic) bond motifs is 1. The van der Waals surface area contributed by atoms with E-state index in [1.54, 1.807) is 18.5 Å². The van der Waals surface area contributed by atoms with Crippen molar-refractivity contribution in [1.29, 1.82) is 0 Å². The second-order valence-electron chi connectivity index (χ2n) is 4.17. The van der Waals surface area contributed by atoms with Gasteiger partial charge in [-0.25, -0.2) is 9.37 Å². The Labute approximate surface area is 126 Å². The monoisotopic (exact) mass is 352 g/mol. The number of ketones is 1. The number of nitrogens with zero attached hydrogens (tertiary/aromatic N) is 1. The second kappa shape index (κ2) is 5.00. The van der Waals surface area contributed by atoms with E-state index in [1.807, 2.05) is 0 Å². The zero-order valence-corrected chi connectivity index (χ0v) is 12.3. The molecule has 3 nitrogen and oxygen atoms in total. The molecule has 2 aromatic heterocycles. The minimum atomic E-state index is -0.410. The highest BCUT2D eigenvalue weighted by molar-refractivity contribution is 9.10. The third-order valence-electron chi connectivity index (χ3n) is 2.94. The number of rotatable bonds is 2. The standard InChI is InChI=1S/C14H7BrClFN2O/c15-10-5-7(17)1-2-8(10)13(20)9-6-19-14-12(9)11(16)3-4-18-14/h1-6H,(H,18,19). The van der Waals surface area contributed by atoms with Crippen molar-refractivity contribution in [3.8, 4) is 0 Å². The van der Waals surface area contributed by atoms with Crippen molar-refractivity contribution >= 4 is 44.3 Å². The number of hydrogen-bond acceptors (Lipinski definition) is 2. The summed E-state index contributed by atoms with van der Waals surface area (Å²) in [6.45, 7) is 0. The predicted octanol–water partition coefficient (Wildman–Crippen LogP) is 4.35. The van der Waals surface area contributed by atoms with Gasteiger partial charge in [-0.3, -0.25) is 4.79 Å². The summed E-state index contributed by atoms with van der Waals surface area (Å²) in [4.78, 5) is 19.6. The Bertz CT molecular complexity index is 831. The van der Waals surface area contributed by atoms with E-state index in [9.17, 15) is 9.18 Å². The van der Waals surface area contributed by atoms with E-state index in [1.165, 1.54) is 18.2 Å². The molecular weight excluding hydrogens is 347 g/mol. The first-order valence-electron chi connectivity index (χ1n) is 5.69. The number of aromatic nitrogens is 2. The van der Waals surface area contributed by atoms with Crippen LogP contribution in [0.4, 0.5) is 4.39 Å². The number of benzene rings is 1. The Kier molecular flexibility index (Phi) is 3.31. The molecular formula is C14H7BrClFN2O. The van der Waals surface area contributed by atoms with Crippen LogP contribution in [0.1, 0.15) is 15.9 Å². The van der Waals surface area contributed by atoms with Gasteiger partial charge in [0.2, 0.25) is 0 Å². The van der Waals surface area contributed by atoms with Gasteiger partial charge >= 0.3 is 0 Å². The van der Waals surface area contributed by atoms with E-state index in [4.69, 9.17) is 11.6 Å². The zero-order chi connectivity index (χ0) is 14.3. The van der Waals surface area contributed by atoms with E-state index in [0.29, 0.717) is 31.7 Å². The van der Waals surface area contributed by atoms with Gasteiger partial charge in [0.1, 0.15) is 11.5 Å². The molecule has 20 heavy (non-hydrogen) atoms. The lowest BCUT2D eigenvalue weighted by Crippen LogP contribution is -2.02. The number of carbonyl (C=O) groups excluding carboxylic acids is 1. The largest absolute Gasteiger partial charge is 0.345 e. The highest BCUT2D eigenvalue weighted by Crippen LogP contribution is 2.29.